The van der Waals surface area contributed by atoms with Crippen molar-refractivity contribution < 1.29 is 0 Å². The van der Waals surface area contributed by atoms with Gasteiger partial charge in [-0.15, -0.1) is 0 Å². The minimum Gasteiger partial charge on any atom is -0.319 e. The van der Waals surface area contributed by atoms with Crippen LogP contribution < -0.4 is 0 Å². The largest absolute Gasteiger partial charge is 0.319 e. The van der Waals surface area contributed by atoms with Gasteiger partial charge in [-0.2, -0.15) is 0 Å². The van der Waals surface area contributed by atoms with Gasteiger partial charge in [0, 0.05) is 38.4 Å². The van der Waals surface area contributed by atoms with Crippen molar-refractivity contribution in [3.8, 4) is 45.0 Å². The van der Waals surface area contributed by atoms with Crippen molar-refractivity contribution in [2.45, 2.75) is 0 Å². The maximum absolute atomic E-state index is 7.95. The molecular weight excluding hydrogens is 633 g/mol. The highest BCUT2D eigenvalue weighted by Gasteiger charge is 2.21. The van der Waals surface area contributed by atoms with Gasteiger partial charge in [0.15, 0.2) is 0 Å². The summed E-state index contributed by atoms with van der Waals surface area (Å²) in [5.74, 6) is 0. The van der Waals surface area contributed by atoms with E-state index in [1.165, 1.54) is 10.8 Å². The topological polar surface area (TPSA) is 27.1 Å². The van der Waals surface area contributed by atoms with E-state index in [1.807, 2.05) is 30.3 Å². The molecule has 0 aliphatic carbocycles. The second-order valence-electron chi connectivity index (χ2n) is 13.1. The Morgan fingerprint density at radius 1 is 0.423 bits per heavy atom. The van der Waals surface area contributed by atoms with Gasteiger partial charge in [-0.05, 0) is 59.7 Å². The predicted octanol–water partition coefficient (Wildman–Crippen LogP) is 12.8. The number of pyridine rings is 1. The molecule has 0 aliphatic heterocycles. The summed E-state index contributed by atoms with van der Waals surface area (Å²) >= 11 is 0. The van der Waals surface area contributed by atoms with E-state index in [2.05, 4.69) is 166 Å². The molecule has 0 amide bonds. The first-order valence-corrected chi connectivity index (χ1v) is 17.4. The van der Waals surface area contributed by atoms with Crippen molar-refractivity contribution in [1.29, 1.82) is 0 Å². The first-order chi connectivity index (χ1) is 25.8. The fraction of sp³-hybridized carbons (Fsp3) is 0. The lowest BCUT2D eigenvalue weighted by molar-refractivity contribution is 1.18. The van der Waals surface area contributed by atoms with Crippen LogP contribution in [0.15, 0.2) is 182 Å². The maximum Gasteiger partial charge on any atom is 0.210 e. The molecule has 0 aliphatic rings. The van der Waals surface area contributed by atoms with E-state index in [0.29, 0.717) is 5.69 Å². The van der Waals surface area contributed by atoms with Crippen molar-refractivity contribution in [3.05, 3.63) is 193 Å². The average molecular weight is 663 g/mol. The molecule has 0 radical (unpaired) electrons. The van der Waals surface area contributed by atoms with E-state index >= 15 is 0 Å². The molecule has 0 atom stereocenters. The Bertz CT molecular complexity index is 2940. The van der Waals surface area contributed by atoms with Crippen LogP contribution in [0.2, 0.25) is 0 Å². The van der Waals surface area contributed by atoms with Crippen LogP contribution in [0, 0.1) is 6.57 Å². The molecule has 3 aromatic heterocycles. The molecule has 0 spiro atoms. The first-order valence-electron chi connectivity index (χ1n) is 17.4. The molecule has 4 nitrogen and oxygen atoms in total. The quantitative estimate of drug-likeness (QED) is 0.169. The van der Waals surface area contributed by atoms with Gasteiger partial charge in [0.05, 0.1) is 45.7 Å². The molecule has 242 valence electrons. The molecule has 10 aromatic rings. The van der Waals surface area contributed by atoms with Gasteiger partial charge in [0.1, 0.15) is 0 Å². The van der Waals surface area contributed by atoms with Gasteiger partial charge in [0.25, 0.3) is 0 Å². The second-order valence-corrected chi connectivity index (χ2v) is 13.1. The SMILES string of the molecule is [C-]#[N+]c1ccccc1-n1c2ccccc2c2c1ccc1c3ccccc3n(-c3ccc(-c4cc(-c5ccccc5)cc(-c5ccccc5)n4)cc3)c12. The Hall–Kier alpha value is -7.22. The molecular formula is C48H30N4. The fourth-order valence-electron chi connectivity index (χ4n) is 7.80. The minimum absolute atomic E-state index is 0.627. The lowest BCUT2D eigenvalue weighted by atomic mass is 10.00. The van der Waals surface area contributed by atoms with E-state index < -0.39 is 0 Å². The van der Waals surface area contributed by atoms with Crippen LogP contribution in [0.5, 0.6) is 0 Å². The number of fused-ring (bicyclic) bond motifs is 7. The summed E-state index contributed by atoms with van der Waals surface area (Å²) in [6, 6.07) is 63.6. The van der Waals surface area contributed by atoms with Crippen molar-refractivity contribution in [3.63, 3.8) is 0 Å². The molecule has 7 aromatic carbocycles. The average Bonchev–Trinajstić information content (AvgIpc) is 3.74. The Balaban J connectivity index is 1.20. The molecule has 52 heavy (non-hydrogen) atoms. The van der Waals surface area contributed by atoms with E-state index in [9.17, 15) is 0 Å². The highest BCUT2D eigenvalue weighted by atomic mass is 15.0. The third-order valence-corrected chi connectivity index (χ3v) is 10.1. The number of rotatable bonds is 5. The Labute approximate surface area is 300 Å². The summed E-state index contributed by atoms with van der Waals surface area (Å²) in [6.45, 7) is 7.95. The van der Waals surface area contributed by atoms with Crippen LogP contribution in [0.3, 0.4) is 0 Å². The normalized spacial score (nSPS) is 11.4. The zero-order chi connectivity index (χ0) is 34.6. The Morgan fingerprint density at radius 3 is 1.71 bits per heavy atom. The third-order valence-electron chi connectivity index (χ3n) is 10.1. The highest BCUT2D eigenvalue weighted by molar-refractivity contribution is 6.26. The van der Waals surface area contributed by atoms with Gasteiger partial charge in [0.2, 0.25) is 5.69 Å². The van der Waals surface area contributed by atoms with E-state index in [0.717, 1.165) is 77.9 Å². The molecule has 0 unspecified atom stereocenters. The van der Waals surface area contributed by atoms with E-state index in [4.69, 9.17) is 11.6 Å². The van der Waals surface area contributed by atoms with Crippen LogP contribution in [-0.2, 0) is 0 Å². The lowest BCUT2D eigenvalue weighted by Crippen LogP contribution is -1.96. The zero-order valence-corrected chi connectivity index (χ0v) is 28.1. The summed E-state index contributed by atoms with van der Waals surface area (Å²) < 4.78 is 4.65. The number of benzene rings is 7. The van der Waals surface area contributed by atoms with Crippen LogP contribution in [-0.4, -0.2) is 14.1 Å². The van der Waals surface area contributed by atoms with Crippen LogP contribution in [0.4, 0.5) is 5.69 Å². The molecule has 3 heterocycles. The third kappa shape index (κ3) is 4.65. The summed E-state index contributed by atoms with van der Waals surface area (Å²) in [6.07, 6.45) is 0. The lowest BCUT2D eigenvalue weighted by Gasteiger charge is -2.13. The van der Waals surface area contributed by atoms with E-state index in [-0.39, 0.29) is 0 Å². The van der Waals surface area contributed by atoms with Crippen molar-refractivity contribution in [1.82, 2.24) is 14.1 Å². The van der Waals surface area contributed by atoms with Crippen LogP contribution >= 0.6 is 0 Å². The van der Waals surface area contributed by atoms with E-state index in [1.54, 1.807) is 0 Å². The number of hydrogen-bond acceptors (Lipinski definition) is 1. The first kappa shape index (κ1) is 29.7. The fourth-order valence-corrected chi connectivity index (χ4v) is 7.80. The summed E-state index contributed by atoms with van der Waals surface area (Å²) in [5.41, 5.74) is 13.3. The zero-order valence-electron chi connectivity index (χ0n) is 28.1. The van der Waals surface area contributed by atoms with Crippen molar-refractivity contribution >= 4 is 49.3 Å². The van der Waals surface area contributed by atoms with Gasteiger partial charge in [-0.1, -0.05) is 133 Å². The monoisotopic (exact) mass is 662 g/mol. The molecule has 4 heteroatoms. The van der Waals surface area contributed by atoms with Crippen LogP contribution in [0.25, 0.3) is 93.5 Å². The molecule has 0 saturated heterocycles. The minimum atomic E-state index is 0.627. The molecule has 0 bridgehead atoms. The molecule has 0 fully saturated rings. The number of aromatic nitrogens is 3. The summed E-state index contributed by atoms with van der Waals surface area (Å²) in [4.78, 5) is 9.08. The van der Waals surface area contributed by atoms with Crippen molar-refractivity contribution in [2.24, 2.45) is 0 Å². The number of hydrogen-bond donors (Lipinski definition) is 0. The van der Waals surface area contributed by atoms with Gasteiger partial charge < -0.3 is 9.13 Å². The van der Waals surface area contributed by atoms with Gasteiger partial charge in [-0.3, -0.25) is 0 Å². The standard InChI is InChI=1S/C48H30N4/c1-49-40-20-10-13-23-45(40)52-44-22-12-9-19-39(44)47-46(52)29-28-38-37-18-8-11-21-43(37)51(48(38)47)36-26-24-34(25-27-36)42-31-35(32-14-4-2-5-15-32)30-41(50-42)33-16-6-3-7-17-33/h2-31H. The van der Waals surface area contributed by atoms with Crippen molar-refractivity contribution in [2.75, 3.05) is 0 Å². The Kier molecular flexibility index (Phi) is 6.84. The molecule has 0 saturated carbocycles. The maximum atomic E-state index is 7.95. The van der Waals surface area contributed by atoms with Gasteiger partial charge >= 0.3 is 0 Å². The number of nitrogens with zero attached hydrogens (tertiary/aromatic N) is 4. The number of para-hydroxylation sites is 4. The summed E-state index contributed by atoms with van der Waals surface area (Å²) in [7, 11) is 0. The Morgan fingerprint density at radius 2 is 1.00 bits per heavy atom. The van der Waals surface area contributed by atoms with Crippen LogP contribution in [0.1, 0.15) is 0 Å². The smallest absolute Gasteiger partial charge is 0.210 e. The van der Waals surface area contributed by atoms with Gasteiger partial charge in [-0.25, -0.2) is 9.83 Å². The highest BCUT2D eigenvalue weighted by Crippen LogP contribution is 2.43. The molecule has 0 N–H and O–H groups in total. The predicted molar refractivity (Wildman–Crippen MR) is 215 cm³/mol. The molecule has 10 rings (SSSR count). The summed E-state index contributed by atoms with van der Waals surface area (Å²) in [5, 5.41) is 4.71. The second kappa shape index (κ2) is 12.0.